The van der Waals surface area contributed by atoms with Gasteiger partial charge in [0, 0.05) is 19.4 Å². The van der Waals surface area contributed by atoms with Crippen LogP contribution in [0, 0.1) is 23.7 Å². The molecule has 0 saturated heterocycles. The molecule has 0 aromatic heterocycles. The summed E-state index contributed by atoms with van der Waals surface area (Å²) in [5.41, 5.74) is 0. The Bertz CT molecular complexity index is 575. The molecule has 0 radical (unpaired) electrons. The van der Waals surface area contributed by atoms with Gasteiger partial charge in [0.05, 0.1) is 6.54 Å². The van der Waals surface area contributed by atoms with Crippen molar-refractivity contribution in [3.05, 3.63) is 12.2 Å². The first-order chi connectivity index (χ1) is 14.0. The third kappa shape index (κ3) is 8.19. The standard InChI is InChI=1S/C23H38N2O4/c1-2-3-6-10-21(26)25-16-22(27)24-15-20-18-13-12-17(14-18)19(20)9-7-4-5-8-11-23(28)29/h7,9,17-20H,2-6,8,10-16H2,1H3,(H,24,27)(H,25,26)(H,28,29)/b9-7-/t17-,18+,19-,20+/m1/s1. The maximum atomic E-state index is 12.1. The number of nitrogens with one attached hydrogen (secondary N) is 2. The SMILES string of the molecule is CCCCCC(=O)NCC(=O)NC[C@H]1[C@H]2CC[C@H](C2)[C@H]1/C=C\CCCCC(=O)O. The van der Waals surface area contributed by atoms with Gasteiger partial charge in [-0.25, -0.2) is 0 Å². The number of carbonyl (C=O) groups is 3. The lowest BCUT2D eigenvalue weighted by molar-refractivity contribution is -0.137. The normalized spacial score (nSPS) is 25.4. The first kappa shape index (κ1) is 23.4. The number of unbranched alkanes of at least 4 members (excludes halogenated alkanes) is 4. The Kier molecular flexibility index (Phi) is 10.2. The molecule has 0 aromatic rings. The summed E-state index contributed by atoms with van der Waals surface area (Å²) in [6.07, 6.45) is 14.6. The summed E-state index contributed by atoms with van der Waals surface area (Å²) in [6, 6.07) is 0. The molecule has 2 bridgehead atoms. The van der Waals surface area contributed by atoms with E-state index in [2.05, 4.69) is 29.7 Å². The number of carboxylic acids is 1. The molecule has 2 saturated carbocycles. The van der Waals surface area contributed by atoms with Crippen LogP contribution in [0.25, 0.3) is 0 Å². The number of amides is 2. The monoisotopic (exact) mass is 406 g/mol. The van der Waals surface area contributed by atoms with E-state index in [1.165, 1.54) is 19.3 Å². The molecule has 4 atom stereocenters. The van der Waals surface area contributed by atoms with Crippen molar-refractivity contribution in [2.45, 2.75) is 77.6 Å². The average molecular weight is 407 g/mol. The summed E-state index contributed by atoms with van der Waals surface area (Å²) in [7, 11) is 0. The molecule has 0 aromatic carbocycles. The van der Waals surface area contributed by atoms with Crippen LogP contribution in [0.15, 0.2) is 12.2 Å². The highest BCUT2D eigenvalue weighted by molar-refractivity contribution is 5.84. The maximum Gasteiger partial charge on any atom is 0.303 e. The van der Waals surface area contributed by atoms with Crippen molar-refractivity contribution < 1.29 is 19.5 Å². The molecule has 2 amide bonds. The van der Waals surface area contributed by atoms with Gasteiger partial charge in [0.2, 0.25) is 11.8 Å². The van der Waals surface area contributed by atoms with E-state index < -0.39 is 5.97 Å². The van der Waals surface area contributed by atoms with Gasteiger partial charge in [-0.15, -0.1) is 0 Å². The maximum absolute atomic E-state index is 12.1. The van der Waals surface area contributed by atoms with Crippen LogP contribution in [0.4, 0.5) is 0 Å². The van der Waals surface area contributed by atoms with Crippen LogP contribution < -0.4 is 10.6 Å². The number of hydrogen-bond acceptors (Lipinski definition) is 3. The Balaban J connectivity index is 1.68. The molecule has 6 nitrogen and oxygen atoms in total. The van der Waals surface area contributed by atoms with Crippen molar-refractivity contribution in [1.29, 1.82) is 0 Å². The van der Waals surface area contributed by atoms with Crippen LogP contribution >= 0.6 is 0 Å². The van der Waals surface area contributed by atoms with Crippen LogP contribution in [0.3, 0.4) is 0 Å². The molecular weight excluding hydrogens is 368 g/mol. The zero-order valence-corrected chi connectivity index (χ0v) is 17.8. The fourth-order valence-electron chi connectivity index (χ4n) is 4.95. The second-order valence-corrected chi connectivity index (χ2v) is 8.68. The molecule has 3 N–H and O–H groups in total. The van der Waals surface area contributed by atoms with Gasteiger partial charge in [0.25, 0.3) is 0 Å². The molecule has 6 heteroatoms. The zero-order valence-electron chi connectivity index (χ0n) is 17.8. The van der Waals surface area contributed by atoms with Gasteiger partial charge in [-0.3, -0.25) is 14.4 Å². The quantitative estimate of drug-likeness (QED) is 0.303. The van der Waals surface area contributed by atoms with Crippen LogP contribution in [0.1, 0.15) is 77.6 Å². The van der Waals surface area contributed by atoms with Crippen molar-refractivity contribution >= 4 is 17.8 Å². The Labute approximate surface area is 174 Å². The Hall–Kier alpha value is -1.85. The molecule has 164 valence electrons. The first-order valence-electron chi connectivity index (χ1n) is 11.4. The highest BCUT2D eigenvalue weighted by Crippen LogP contribution is 2.52. The number of carbonyl (C=O) groups excluding carboxylic acids is 2. The van der Waals surface area contributed by atoms with Crippen molar-refractivity contribution in [3.8, 4) is 0 Å². The van der Waals surface area contributed by atoms with E-state index in [1.807, 2.05) is 0 Å². The van der Waals surface area contributed by atoms with Gasteiger partial charge in [0.15, 0.2) is 0 Å². The molecule has 2 fully saturated rings. The number of carboxylic acid groups (broad SMARTS) is 1. The zero-order chi connectivity index (χ0) is 21.1. The fourth-order valence-corrected chi connectivity index (χ4v) is 4.95. The average Bonchev–Trinajstić information content (AvgIpc) is 3.29. The van der Waals surface area contributed by atoms with Gasteiger partial charge in [-0.2, -0.15) is 0 Å². The minimum atomic E-state index is -0.727. The second kappa shape index (κ2) is 12.7. The topological polar surface area (TPSA) is 95.5 Å². The number of aliphatic carboxylic acids is 1. The lowest BCUT2D eigenvalue weighted by Crippen LogP contribution is -2.41. The van der Waals surface area contributed by atoms with E-state index in [0.717, 1.165) is 44.4 Å². The Morgan fingerprint density at radius 1 is 0.966 bits per heavy atom. The minimum Gasteiger partial charge on any atom is -0.481 e. The lowest BCUT2D eigenvalue weighted by Gasteiger charge is -2.29. The van der Waals surface area contributed by atoms with E-state index in [9.17, 15) is 14.4 Å². The number of fused-ring (bicyclic) bond motifs is 2. The summed E-state index contributed by atoms with van der Waals surface area (Å²) in [5.74, 6) is 1.52. The molecule has 29 heavy (non-hydrogen) atoms. The van der Waals surface area contributed by atoms with Crippen molar-refractivity contribution in [2.75, 3.05) is 13.1 Å². The molecule has 2 aliphatic rings. The van der Waals surface area contributed by atoms with E-state index in [1.54, 1.807) is 0 Å². The van der Waals surface area contributed by atoms with Crippen molar-refractivity contribution in [3.63, 3.8) is 0 Å². The Morgan fingerprint density at radius 2 is 1.72 bits per heavy atom. The Morgan fingerprint density at radius 3 is 2.48 bits per heavy atom. The van der Waals surface area contributed by atoms with Crippen LogP contribution in [-0.4, -0.2) is 36.0 Å². The van der Waals surface area contributed by atoms with Crippen molar-refractivity contribution in [1.82, 2.24) is 10.6 Å². The van der Waals surface area contributed by atoms with Crippen LogP contribution in [0.2, 0.25) is 0 Å². The van der Waals surface area contributed by atoms with Crippen molar-refractivity contribution in [2.24, 2.45) is 23.7 Å². The summed E-state index contributed by atoms with van der Waals surface area (Å²) in [5, 5.41) is 14.4. The second-order valence-electron chi connectivity index (χ2n) is 8.68. The van der Waals surface area contributed by atoms with Gasteiger partial charge in [-0.1, -0.05) is 31.9 Å². The number of hydrogen-bond donors (Lipinski definition) is 3. The molecule has 0 heterocycles. The highest BCUT2D eigenvalue weighted by atomic mass is 16.4. The summed E-state index contributed by atoms with van der Waals surface area (Å²) >= 11 is 0. The van der Waals surface area contributed by atoms with Gasteiger partial charge >= 0.3 is 5.97 Å². The third-order valence-electron chi connectivity index (χ3n) is 6.52. The summed E-state index contributed by atoms with van der Waals surface area (Å²) in [6.45, 7) is 2.85. The third-order valence-corrected chi connectivity index (χ3v) is 6.52. The summed E-state index contributed by atoms with van der Waals surface area (Å²) in [4.78, 5) is 34.4. The predicted octanol–water partition coefficient (Wildman–Crippen LogP) is 3.66. The molecule has 0 spiro atoms. The van der Waals surface area contributed by atoms with Crippen LogP contribution in [-0.2, 0) is 14.4 Å². The largest absolute Gasteiger partial charge is 0.481 e. The van der Waals surface area contributed by atoms with E-state index in [4.69, 9.17) is 5.11 Å². The lowest BCUT2D eigenvalue weighted by atomic mass is 9.79. The van der Waals surface area contributed by atoms with E-state index in [0.29, 0.717) is 30.7 Å². The van der Waals surface area contributed by atoms with Gasteiger partial charge in [-0.05, 0) is 68.6 Å². The highest BCUT2D eigenvalue weighted by Gasteiger charge is 2.45. The number of rotatable bonds is 14. The fraction of sp³-hybridized carbons (Fsp3) is 0.783. The first-order valence-corrected chi connectivity index (χ1v) is 11.4. The van der Waals surface area contributed by atoms with E-state index >= 15 is 0 Å². The summed E-state index contributed by atoms with van der Waals surface area (Å²) < 4.78 is 0. The molecule has 0 aliphatic heterocycles. The van der Waals surface area contributed by atoms with Gasteiger partial charge < -0.3 is 15.7 Å². The smallest absolute Gasteiger partial charge is 0.303 e. The number of allylic oxidation sites excluding steroid dienone is 2. The molecular formula is C23H38N2O4. The predicted molar refractivity (Wildman–Crippen MR) is 113 cm³/mol. The van der Waals surface area contributed by atoms with Gasteiger partial charge in [0.1, 0.15) is 0 Å². The van der Waals surface area contributed by atoms with E-state index in [-0.39, 0.29) is 24.8 Å². The van der Waals surface area contributed by atoms with Crippen LogP contribution in [0.5, 0.6) is 0 Å². The minimum absolute atomic E-state index is 0.0442. The molecule has 2 rings (SSSR count). The molecule has 0 unspecified atom stereocenters. The molecule has 2 aliphatic carbocycles.